The summed E-state index contributed by atoms with van der Waals surface area (Å²) in [5.74, 6) is 1.98. The van der Waals surface area contributed by atoms with Gasteiger partial charge in [0.1, 0.15) is 36.8 Å². The van der Waals surface area contributed by atoms with Crippen LogP contribution in [0.4, 0.5) is 5.82 Å². The summed E-state index contributed by atoms with van der Waals surface area (Å²) < 4.78 is 42.1. The molecule has 1 fully saturated rings. The smallest absolute Gasteiger partial charge is 0.338 e. The Hall–Kier alpha value is -4.35. The molecule has 0 spiro atoms. The first-order valence-corrected chi connectivity index (χ1v) is 17.1. The van der Waals surface area contributed by atoms with Gasteiger partial charge in [-0.2, -0.15) is 9.97 Å². The Kier molecular flexibility index (Phi) is 10.5. The van der Waals surface area contributed by atoms with E-state index in [1.54, 1.807) is 38.1 Å². The van der Waals surface area contributed by atoms with Gasteiger partial charge in [0, 0.05) is 17.8 Å². The standard InChI is InChI=1S/C32H33ClN5O9P/c1-5-15-43-22-13-11-20(12-14-22)25(39)19-7-9-21(10-8-19)29(41)44-17-32(3)26(40)23(16-46-48(4,42)45-6-2)47-30(32)38-18-35-24-27(34)36-31(33)37-28(24)38/h1,7-14,18,23,26,30,40H,6,15-17H2,2-4H3,(H2,34,36,37)/t23-,26?,30-,32+,48?/m1/s1. The highest BCUT2D eigenvalue weighted by Gasteiger charge is 2.55. The topological polar surface area (TPSA) is 187 Å². The molecule has 3 N–H and O–H groups in total. The number of carbonyl (C=O) groups excluding carboxylic acids is 2. The number of benzene rings is 2. The molecule has 252 valence electrons. The van der Waals surface area contributed by atoms with E-state index in [0.717, 1.165) is 0 Å². The molecule has 16 heteroatoms. The monoisotopic (exact) mass is 697 g/mol. The maximum absolute atomic E-state index is 13.2. The fraction of sp³-hybridized carbons (Fsp3) is 0.344. The van der Waals surface area contributed by atoms with Crippen LogP contribution in [-0.4, -0.2) is 81.7 Å². The molecule has 48 heavy (non-hydrogen) atoms. The molecule has 0 bridgehead atoms. The molecule has 4 aromatic rings. The van der Waals surface area contributed by atoms with Gasteiger partial charge in [-0.1, -0.05) is 18.1 Å². The number of nitrogen functional groups attached to an aromatic ring is 1. The second-order valence-electron chi connectivity index (χ2n) is 11.2. The molecule has 2 unspecified atom stereocenters. The maximum atomic E-state index is 13.2. The van der Waals surface area contributed by atoms with Crippen molar-refractivity contribution >= 4 is 47.9 Å². The van der Waals surface area contributed by atoms with E-state index in [2.05, 4.69) is 20.9 Å². The number of halogens is 1. The van der Waals surface area contributed by atoms with Gasteiger partial charge in [0.15, 0.2) is 17.2 Å². The average molecular weight is 698 g/mol. The highest BCUT2D eigenvalue weighted by atomic mass is 35.5. The van der Waals surface area contributed by atoms with E-state index in [-0.39, 0.29) is 60.0 Å². The number of ether oxygens (including phenoxy) is 3. The van der Waals surface area contributed by atoms with Crippen molar-refractivity contribution < 1.29 is 42.5 Å². The molecule has 0 amide bonds. The van der Waals surface area contributed by atoms with Crippen LogP contribution in [-0.2, 0) is 23.1 Å². The number of anilines is 1. The lowest BCUT2D eigenvalue weighted by Gasteiger charge is -2.32. The Labute approximate surface area is 281 Å². The quantitative estimate of drug-likeness (QED) is 0.0662. The van der Waals surface area contributed by atoms with Crippen LogP contribution in [0.1, 0.15) is 46.4 Å². The third-order valence-corrected chi connectivity index (χ3v) is 9.26. The van der Waals surface area contributed by atoms with Crippen molar-refractivity contribution in [3.63, 3.8) is 0 Å². The van der Waals surface area contributed by atoms with E-state index in [4.69, 9.17) is 47.0 Å². The molecule has 5 rings (SSSR count). The molecular weight excluding hydrogens is 665 g/mol. The number of nitrogens with zero attached hydrogens (tertiary/aromatic N) is 4. The van der Waals surface area contributed by atoms with Gasteiger partial charge in [0.05, 0.1) is 36.6 Å². The zero-order chi connectivity index (χ0) is 34.6. The molecule has 2 aromatic carbocycles. The number of aliphatic hydroxyl groups is 1. The number of imidazole rings is 1. The fourth-order valence-corrected chi connectivity index (χ4v) is 6.39. The second-order valence-corrected chi connectivity index (χ2v) is 13.6. The molecule has 14 nitrogen and oxygen atoms in total. The highest BCUT2D eigenvalue weighted by molar-refractivity contribution is 7.52. The summed E-state index contributed by atoms with van der Waals surface area (Å²) in [6, 6.07) is 12.5. The van der Waals surface area contributed by atoms with Crippen molar-refractivity contribution in [3.8, 4) is 18.1 Å². The number of hydrogen-bond acceptors (Lipinski definition) is 13. The van der Waals surface area contributed by atoms with Gasteiger partial charge in [0.25, 0.3) is 0 Å². The number of fused-ring (bicyclic) bond motifs is 1. The zero-order valence-electron chi connectivity index (χ0n) is 26.2. The molecule has 0 saturated carbocycles. The number of aliphatic hydroxyl groups excluding tert-OH is 1. The molecule has 1 saturated heterocycles. The van der Waals surface area contributed by atoms with Crippen molar-refractivity contribution in [2.75, 3.05) is 38.8 Å². The van der Waals surface area contributed by atoms with Crippen molar-refractivity contribution in [1.29, 1.82) is 0 Å². The second kappa shape index (κ2) is 14.4. The average Bonchev–Trinajstić information content (AvgIpc) is 3.59. The van der Waals surface area contributed by atoms with Crippen molar-refractivity contribution in [2.45, 2.75) is 32.3 Å². The third-order valence-electron chi connectivity index (χ3n) is 7.74. The molecule has 0 radical (unpaired) electrons. The molecule has 3 heterocycles. The Balaban J connectivity index is 1.34. The number of terminal acetylenes is 1. The normalized spacial score (nSPS) is 21.8. The molecule has 1 aliphatic heterocycles. The van der Waals surface area contributed by atoms with Gasteiger partial charge in [-0.25, -0.2) is 9.78 Å². The van der Waals surface area contributed by atoms with E-state index >= 15 is 0 Å². The number of carbonyl (C=O) groups is 2. The Morgan fingerprint density at radius 2 is 1.77 bits per heavy atom. The first-order valence-electron chi connectivity index (χ1n) is 14.7. The van der Waals surface area contributed by atoms with Crippen LogP contribution >= 0.6 is 19.2 Å². The van der Waals surface area contributed by atoms with Gasteiger partial charge in [-0.3, -0.25) is 13.9 Å². The molecule has 1 aliphatic rings. The number of esters is 1. The first kappa shape index (κ1) is 35.0. The van der Waals surface area contributed by atoms with Gasteiger partial charge >= 0.3 is 13.6 Å². The first-order chi connectivity index (χ1) is 22.9. The summed E-state index contributed by atoms with van der Waals surface area (Å²) >= 11 is 6.08. The lowest BCUT2D eigenvalue weighted by atomic mass is 9.83. The number of ketones is 1. The Bertz CT molecular complexity index is 1900. The highest BCUT2D eigenvalue weighted by Crippen LogP contribution is 2.49. The Morgan fingerprint density at radius 3 is 2.42 bits per heavy atom. The summed E-state index contributed by atoms with van der Waals surface area (Å²) in [4.78, 5) is 38.7. The number of aromatic nitrogens is 4. The van der Waals surface area contributed by atoms with Crippen molar-refractivity contribution in [2.24, 2.45) is 5.41 Å². The third kappa shape index (κ3) is 7.37. The minimum Gasteiger partial charge on any atom is -0.481 e. The van der Waals surface area contributed by atoms with Crippen LogP contribution in [0.25, 0.3) is 11.2 Å². The predicted octanol–water partition coefficient (Wildman–Crippen LogP) is 4.30. The van der Waals surface area contributed by atoms with E-state index in [1.807, 2.05) is 0 Å². The lowest BCUT2D eigenvalue weighted by Crippen LogP contribution is -2.42. The molecule has 2 aromatic heterocycles. The summed E-state index contributed by atoms with van der Waals surface area (Å²) in [5.41, 5.74) is 6.08. The lowest BCUT2D eigenvalue weighted by molar-refractivity contribution is -0.0620. The van der Waals surface area contributed by atoms with Crippen LogP contribution in [0.5, 0.6) is 5.75 Å². The number of rotatable bonds is 13. The van der Waals surface area contributed by atoms with E-state index in [0.29, 0.717) is 16.9 Å². The molecule has 0 aliphatic carbocycles. The Morgan fingerprint density at radius 1 is 1.12 bits per heavy atom. The minimum absolute atomic E-state index is 0.0342. The summed E-state index contributed by atoms with van der Waals surface area (Å²) in [6.45, 7) is 4.27. The fourth-order valence-electron chi connectivity index (χ4n) is 5.26. The molecular formula is C32H33ClN5O9P. The van der Waals surface area contributed by atoms with Gasteiger partial charge < -0.3 is 34.1 Å². The SMILES string of the molecule is C#CCOc1ccc(C(=O)c2ccc(C(=O)OC[C@@]3(C)C(O)[C@@H](COP(C)(=O)OCC)O[C@H]3n3cnc4c(N)nc(Cl)nc43)cc2)cc1. The van der Waals surface area contributed by atoms with Gasteiger partial charge in [-0.15, -0.1) is 6.42 Å². The summed E-state index contributed by atoms with van der Waals surface area (Å²) in [6.07, 6.45) is 3.25. The van der Waals surface area contributed by atoms with Gasteiger partial charge in [-0.05, 0) is 61.8 Å². The van der Waals surface area contributed by atoms with Crippen LogP contribution in [0.15, 0.2) is 54.9 Å². The van der Waals surface area contributed by atoms with E-state index in [9.17, 15) is 19.3 Å². The minimum atomic E-state index is -3.44. The summed E-state index contributed by atoms with van der Waals surface area (Å²) in [5, 5.41) is 11.4. The van der Waals surface area contributed by atoms with E-state index in [1.165, 1.54) is 41.8 Å². The zero-order valence-corrected chi connectivity index (χ0v) is 27.9. The van der Waals surface area contributed by atoms with Crippen LogP contribution in [0.2, 0.25) is 5.28 Å². The maximum Gasteiger partial charge on any atom is 0.338 e. The van der Waals surface area contributed by atoms with Crippen molar-refractivity contribution in [1.82, 2.24) is 19.5 Å². The van der Waals surface area contributed by atoms with Crippen LogP contribution < -0.4 is 10.5 Å². The largest absolute Gasteiger partial charge is 0.481 e. The summed E-state index contributed by atoms with van der Waals surface area (Å²) in [7, 11) is -3.44. The number of nitrogens with two attached hydrogens (primary N) is 1. The van der Waals surface area contributed by atoms with E-state index < -0.39 is 37.4 Å². The van der Waals surface area contributed by atoms with Crippen LogP contribution in [0, 0.1) is 17.8 Å². The van der Waals surface area contributed by atoms with Crippen molar-refractivity contribution in [3.05, 3.63) is 76.8 Å². The van der Waals surface area contributed by atoms with Crippen LogP contribution in [0.3, 0.4) is 0 Å². The predicted molar refractivity (Wildman–Crippen MR) is 175 cm³/mol. The molecule has 5 atom stereocenters. The van der Waals surface area contributed by atoms with Gasteiger partial charge in [0.2, 0.25) is 5.28 Å². The number of hydrogen-bond donors (Lipinski definition) is 2.